The number of nitrogens with one attached hydrogen (secondary N) is 1. The number of amides is 1. The van der Waals surface area contributed by atoms with Crippen LogP contribution in [-0.4, -0.2) is 43.1 Å². The molecule has 1 fully saturated rings. The number of hydrogen-bond acceptors (Lipinski definition) is 3. The third-order valence-electron chi connectivity index (χ3n) is 3.89. The molecule has 110 valence electrons. The molecule has 1 aromatic carbocycles. The number of hydrogen-bond donors (Lipinski definition) is 1. The topological polar surface area (TPSA) is 41.6 Å². The number of piperazine rings is 1. The SMILES string of the molecule is COc1cccc(C(=O)N2CC(C)NCC2C(C)C)c1. The van der Waals surface area contributed by atoms with E-state index in [0.717, 1.165) is 18.8 Å². The molecule has 4 heteroatoms. The van der Waals surface area contributed by atoms with Crippen molar-refractivity contribution >= 4 is 5.91 Å². The van der Waals surface area contributed by atoms with Gasteiger partial charge in [0.05, 0.1) is 7.11 Å². The van der Waals surface area contributed by atoms with Gasteiger partial charge in [-0.25, -0.2) is 0 Å². The Hall–Kier alpha value is -1.55. The van der Waals surface area contributed by atoms with Crippen molar-refractivity contribution in [1.82, 2.24) is 10.2 Å². The molecule has 4 nitrogen and oxygen atoms in total. The predicted molar refractivity (Wildman–Crippen MR) is 80.1 cm³/mol. The van der Waals surface area contributed by atoms with Crippen LogP contribution in [0.1, 0.15) is 31.1 Å². The number of rotatable bonds is 3. The summed E-state index contributed by atoms with van der Waals surface area (Å²) in [7, 11) is 1.62. The zero-order valence-electron chi connectivity index (χ0n) is 12.7. The first-order valence-corrected chi connectivity index (χ1v) is 7.21. The molecule has 0 bridgehead atoms. The number of nitrogens with zero attached hydrogens (tertiary/aromatic N) is 1. The summed E-state index contributed by atoms with van der Waals surface area (Å²) in [5.74, 6) is 1.25. The molecular formula is C16H24N2O2. The van der Waals surface area contributed by atoms with Crippen molar-refractivity contribution in [2.75, 3.05) is 20.2 Å². The van der Waals surface area contributed by atoms with Crippen LogP contribution in [0.2, 0.25) is 0 Å². The molecule has 0 radical (unpaired) electrons. The van der Waals surface area contributed by atoms with Gasteiger partial charge in [0.25, 0.3) is 5.91 Å². The van der Waals surface area contributed by atoms with Crippen LogP contribution in [-0.2, 0) is 0 Å². The minimum Gasteiger partial charge on any atom is -0.497 e. The van der Waals surface area contributed by atoms with Gasteiger partial charge < -0.3 is 15.0 Å². The lowest BCUT2D eigenvalue weighted by Crippen LogP contribution is -2.59. The molecular weight excluding hydrogens is 252 g/mol. The average Bonchev–Trinajstić information content (AvgIpc) is 2.46. The van der Waals surface area contributed by atoms with E-state index in [1.165, 1.54) is 0 Å². The summed E-state index contributed by atoms with van der Waals surface area (Å²) in [6.45, 7) is 8.04. The van der Waals surface area contributed by atoms with E-state index in [-0.39, 0.29) is 11.9 Å². The Morgan fingerprint density at radius 3 is 2.85 bits per heavy atom. The van der Waals surface area contributed by atoms with Crippen LogP contribution in [0.4, 0.5) is 0 Å². The quantitative estimate of drug-likeness (QED) is 0.920. The van der Waals surface area contributed by atoms with E-state index < -0.39 is 0 Å². The van der Waals surface area contributed by atoms with Crippen molar-refractivity contribution in [1.29, 1.82) is 0 Å². The van der Waals surface area contributed by atoms with Gasteiger partial charge in [0.15, 0.2) is 0 Å². The van der Waals surface area contributed by atoms with Crippen LogP contribution in [0.15, 0.2) is 24.3 Å². The monoisotopic (exact) mass is 276 g/mol. The van der Waals surface area contributed by atoms with Crippen LogP contribution < -0.4 is 10.1 Å². The summed E-state index contributed by atoms with van der Waals surface area (Å²) in [4.78, 5) is 14.8. The van der Waals surface area contributed by atoms with E-state index in [4.69, 9.17) is 4.74 Å². The van der Waals surface area contributed by atoms with Gasteiger partial charge in [-0.15, -0.1) is 0 Å². The van der Waals surface area contributed by atoms with Crippen molar-refractivity contribution in [2.24, 2.45) is 5.92 Å². The van der Waals surface area contributed by atoms with Crippen molar-refractivity contribution in [3.8, 4) is 5.75 Å². The number of carbonyl (C=O) groups is 1. The first kappa shape index (κ1) is 14.9. The smallest absolute Gasteiger partial charge is 0.254 e. The Bertz CT molecular complexity index is 473. The first-order chi connectivity index (χ1) is 9.52. The molecule has 1 amide bonds. The van der Waals surface area contributed by atoms with Crippen LogP contribution >= 0.6 is 0 Å². The Kier molecular flexibility index (Phi) is 4.65. The molecule has 1 heterocycles. The fourth-order valence-electron chi connectivity index (χ4n) is 2.68. The highest BCUT2D eigenvalue weighted by atomic mass is 16.5. The number of ether oxygens (including phenoxy) is 1. The van der Waals surface area contributed by atoms with Gasteiger partial charge in [0, 0.05) is 30.7 Å². The molecule has 0 aromatic heterocycles. The highest BCUT2D eigenvalue weighted by Gasteiger charge is 2.32. The summed E-state index contributed by atoms with van der Waals surface area (Å²) in [5, 5.41) is 3.45. The van der Waals surface area contributed by atoms with E-state index in [1.54, 1.807) is 7.11 Å². The second-order valence-electron chi connectivity index (χ2n) is 5.81. The zero-order chi connectivity index (χ0) is 14.7. The van der Waals surface area contributed by atoms with E-state index in [1.807, 2.05) is 29.2 Å². The van der Waals surface area contributed by atoms with Gasteiger partial charge in [0.1, 0.15) is 5.75 Å². The fraction of sp³-hybridized carbons (Fsp3) is 0.562. The first-order valence-electron chi connectivity index (χ1n) is 7.21. The lowest BCUT2D eigenvalue weighted by Gasteiger charge is -2.41. The minimum absolute atomic E-state index is 0.0935. The Morgan fingerprint density at radius 2 is 2.20 bits per heavy atom. The van der Waals surface area contributed by atoms with Crippen molar-refractivity contribution < 1.29 is 9.53 Å². The minimum atomic E-state index is 0.0935. The molecule has 1 N–H and O–H groups in total. The van der Waals surface area contributed by atoms with Gasteiger partial charge in [0.2, 0.25) is 0 Å². The number of methoxy groups -OCH3 is 1. The third kappa shape index (κ3) is 3.12. The Balaban J connectivity index is 2.24. The average molecular weight is 276 g/mol. The molecule has 1 saturated heterocycles. The van der Waals surface area contributed by atoms with Gasteiger partial charge in [-0.05, 0) is 31.0 Å². The largest absolute Gasteiger partial charge is 0.497 e. The van der Waals surface area contributed by atoms with Crippen molar-refractivity contribution in [3.63, 3.8) is 0 Å². The highest BCUT2D eigenvalue weighted by Crippen LogP contribution is 2.20. The molecule has 0 aliphatic carbocycles. The molecule has 1 aliphatic rings. The van der Waals surface area contributed by atoms with E-state index in [9.17, 15) is 4.79 Å². The van der Waals surface area contributed by atoms with E-state index >= 15 is 0 Å². The molecule has 1 aromatic rings. The number of carbonyl (C=O) groups excluding carboxylic acids is 1. The lowest BCUT2D eigenvalue weighted by molar-refractivity contribution is 0.0521. The van der Waals surface area contributed by atoms with Crippen LogP contribution in [0.25, 0.3) is 0 Å². The molecule has 2 atom stereocenters. The molecule has 1 aliphatic heterocycles. The molecule has 0 spiro atoms. The summed E-state index contributed by atoms with van der Waals surface area (Å²) in [6, 6.07) is 7.96. The fourth-order valence-corrected chi connectivity index (χ4v) is 2.68. The second kappa shape index (κ2) is 6.27. The second-order valence-corrected chi connectivity index (χ2v) is 5.81. The van der Waals surface area contributed by atoms with Crippen LogP contribution in [0.5, 0.6) is 5.75 Å². The molecule has 0 saturated carbocycles. The highest BCUT2D eigenvalue weighted by molar-refractivity contribution is 5.95. The lowest BCUT2D eigenvalue weighted by atomic mass is 9.97. The maximum Gasteiger partial charge on any atom is 0.254 e. The molecule has 2 unspecified atom stereocenters. The molecule has 20 heavy (non-hydrogen) atoms. The Labute approximate surface area is 121 Å². The number of benzene rings is 1. The van der Waals surface area contributed by atoms with E-state index in [2.05, 4.69) is 26.1 Å². The predicted octanol–water partition coefficient (Wildman–Crippen LogP) is 2.15. The Morgan fingerprint density at radius 1 is 1.45 bits per heavy atom. The standard InChI is InChI=1S/C16H24N2O2/c1-11(2)15-9-17-12(3)10-18(15)16(19)13-6-5-7-14(8-13)20-4/h5-8,11-12,15,17H,9-10H2,1-4H3. The van der Waals surface area contributed by atoms with E-state index in [0.29, 0.717) is 17.5 Å². The molecule has 2 rings (SSSR count). The maximum absolute atomic E-state index is 12.8. The zero-order valence-corrected chi connectivity index (χ0v) is 12.7. The van der Waals surface area contributed by atoms with Crippen LogP contribution in [0.3, 0.4) is 0 Å². The van der Waals surface area contributed by atoms with Gasteiger partial charge in [-0.1, -0.05) is 19.9 Å². The van der Waals surface area contributed by atoms with Crippen molar-refractivity contribution in [2.45, 2.75) is 32.9 Å². The third-order valence-corrected chi connectivity index (χ3v) is 3.89. The van der Waals surface area contributed by atoms with Gasteiger partial charge in [-0.3, -0.25) is 4.79 Å². The summed E-state index contributed by atoms with van der Waals surface area (Å²) in [5.41, 5.74) is 0.698. The van der Waals surface area contributed by atoms with Gasteiger partial charge >= 0.3 is 0 Å². The van der Waals surface area contributed by atoms with Crippen molar-refractivity contribution in [3.05, 3.63) is 29.8 Å². The van der Waals surface area contributed by atoms with Gasteiger partial charge in [-0.2, -0.15) is 0 Å². The summed E-state index contributed by atoms with van der Waals surface area (Å²) >= 11 is 0. The summed E-state index contributed by atoms with van der Waals surface area (Å²) < 4.78 is 5.20. The normalized spacial score (nSPS) is 22.9. The summed E-state index contributed by atoms with van der Waals surface area (Å²) in [6.07, 6.45) is 0. The maximum atomic E-state index is 12.8. The van der Waals surface area contributed by atoms with Crippen LogP contribution in [0, 0.1) is 5.92 Å².